The minimum Gasteiger partial charge on any atom is -0.354 e. The summed E-state index contributed by atoms with van der Waals surface area (Å²) in [4.78, 5) is 28.9. The third-order valence-corrected chi connectivity index (χ3v) is 8.98. The number of benzene rings is 3. The second-order valence-corrected chi connectivity index (χ2v) is 11.9. The zero-order valence-corrected chi connectivity index (χ0v) is 23.6. The number of hydrogen-bond acceptors (Lipinski definition) is 4. The van der Waals surface area contributed by atoms with Crippen molar-refractivity contribution in [1.29, 1.82) is 0 Å². The number of halogens is 1. The van der Waals surface area contributed by atoms with E-state index in [-0.39, 0.29) is 35.5 Å². The molecule has 0 radical (unpaired) electrons. The maximum atomic E-state index is 13.8. The van der Waals surface area contributed by atoms with Crippen LogP contribution in [-0.2, 0) is 32.6 Å². The van der Waals surface area contributed by atoms with Gasteiger partial charge in [0.05, 0.1) is 4.90 Å². The van der Waals surface area contributed by atoms with Gasteiger partial charge in [0, 0.05) is 32.6 Å². The molecule has 0 spiro atoms. The highest BCUT2D eigenvalue weighted by Gasteiger charge is 2.31. The molecule has 1 aliphatic heterocycles. The van der Waals surface area contributed by atoms with Crippen LogP contribution in [0.25, 0.3) is 0 Å². The van der Waals surface area contributed by atoms with Crippen molar-refractivity contribution in [3.8, 4) is 0 Å². The molecule has 0 aliphatic carbocycles. The Morgan fingerprint density at radius 2 is 1.55 bits per heavy atom. The molecular weight excluding hydrogens is 529 g/mol. The summed E-state index contributed by atoms with van der Waals surface area (Å²) < 4.78 is 40.8. The largest absolute Gasteiger partial charge is 0.354 e. The lowest BCUT2D eigenvalue weighted by Crippen LogP contribution is -2.43. The highest BCUT2D eigenvalue weighted by atomic mass is 32.2. The average molecular weight is 566 g/mol. The molecule has 1 fully saturated rings. The third kappa shape index (κ3) is 7.34. The van der Waals surface area contributed by atoms with Crippen LogP contribution < -0.4 is 5.32 Å². The van der Waals surface area contributed by atoms with Crippen LogP contribution in [0.1, 0.15) is 55.3 Å². The molecular formula is C31H36FN3O4S. The van der Waals surface area contributed by atoms with Gasteiger partial charge in [-0.3, -0.25) is 9.59 Å². The van der Waals surface area contributed by atoms with Crippen molar-refractivity contribution in [2.75, 3.05) is 19.6 Å². The van der Waals surface area contributed by atoms with Crippen LogP contribution in [0.5, 0.6) is 0 Å². The Morgan fingerprint density at radius 1 is 0.925 bits per heavy atom. The fourth-order valence-electron chi connectivity index (χ4n) is 4.86. The maximum absolute atomic E-state index is 13.8. The first-order valence-corrected chi connectivity index (χ1v) is 15.2. The van der Waals surface area contributed by atoms with Gasteiger partial charge in [0.1, 0.15) is 11.9 Å². The van der Waals surface area contributed by atoms with Crippen LogP contribution in [0.2, 0.25) is 0 Å². The monoisotopic (exact) mass is 565 g/mol. The number of carbonyl (C=O) groups is 2. The zero-order valence-electron chi connectivity index (χ0n) is 22.8. The number of amides is 2. The molecule has 0 aromatic heterocycles. The minimum absolute atomic E-state index is 0.115. The molecule has 1 heterocycles. The van der Waals surface area contributed by atoms with E-state index in [1.165, 1.54) is 16.4 Å². The molecule has 3 aromatic carbocycles. The van der Waals surface area contributed by atoms with E-state index in [0.29, 0.717) is 37.2 Å². The topological polar surface area (TPSA) is 86.8 Å². The smallest absolute Gasteiger partial charge is 0.247 e. The maximum Gasteiger partial charge on any atom is 0.247 e. The molecule has 212 valence electrons. The van der Waals surface area contributed by atoms with Gasteiger partial charge in [-0.25, -0.2) is 12.8 Å². The highest BCUT2D eigenvalue weighted by Crippen LogP contribution is 2.26. The van der Waals surface area contributed by atoms with Gasteiger partial charge in [-0.05, 0) is 66.6 Å². The Labute approximate surface area is 236 Å². The standard InChI is InChI=1S/C31H36FN3O4S/c1-2-20-33-31(37)30(26-8-4-3-5-9-26)35(23-25-10-15-27(32)16-11-25)29(36)19-14-24-12-17-28(18-13-24)40(38,39)34-21-6-7-22-34/h3-5,8-13,15-18,30H,2,6-7,14,19-23H2,1H3,(H,33,37)/t30-/m1/s1. The quantitative estimate of drug-likeness (QED) is 0.341. The molecule has 1 N–H and O–H groups in total. The number of carbonyl (C=O) groups excluding carboxylic acids is 2. The zero-order chi connectivity index (χ0) is 28.5. The Morgan fingerprint density at radius 3 is 2.17 bits per heavy atom. The average Bonchev–Trinajstić information content (AvgIpc) is 3.53. The molecule has 1 saturated heterocycles. The summed E-state index contributed by atoms with van der Waals surface area (Å²) in [5.74, 6) is -0.893. The van der Waals surface area contributed by atoms with Crippen molar-refractivity contribution >= 4 is 21.8 Å². The SMILES string of the molecule is CCCNC(=O)[C@@H](c1ccccc1)N(Cc1ccc(F)cc1)C(=O)CCc1ccc(S(=O)(=O)N2CCCC2)cc1. The van der Waals surface area contributed by atoms with Gasteiger partial charge in [0.15, 0.2) is 0 Å². The van der Waals surface area contributed by atoms with Crippen molar-refractivity contribution < 1.29 is 22.4 Å². The van der Waals surface area contributed by atoms with E-state index in [9.17, 15) is 22.4 Å². The van der Waals surface area contributed by atoms with E-state index in [1.807, 2.05) is 37.3 Å². The van der Waals surface area contributed by atoms with Gasteiger partial charge in [0.25, 0.3) is 0 Å². The van der Waals surface area contributed by atoms with Gasteiger partial charge in [-0.2, -0.15) is 4.31 Å². The molecule has 40 heavy (non-hydrogen) atoms. The predicted molar refractivity (Wildman–Crippen MR) is 152 cm³/mol. The first-order valence-electron chi connectivity index (χ1n) is 13.7. The Kier molecular flexibility index (Phi) is 10.1. The number of rotatable bonds is 12. The lowest BCUT2D eigenvalue weighted by atomic mass is 10.0. The molecule has 0 saturated carbocycles. The molecule has 2 amide bonds. The first-order chi connectivity index (χ1) is 19.3. The van der Waals surface area contributed by atoms with Crippen LogP contribution in [-0.4, -0.2) is 49.1 Å². The third-order valence-electron chi connectivity index (χ3n) is 7.06. The number of hydrogen-bond donors (Lipinski definition) is 1. The molecule has 7 nitrogen and oxygen atoms in total. The lowest BCUT2D eigenvalue weighted by Gasteiger charge is -2.32. The molecule has 1 atom stereocenters. The Balaban J connectivity index is 1.55. The summed E-state index contributed by atoms with van der Waals surface area (Å²) in [6.07, 6.45) is 2.98. The van der Waals surface area contributed by atoms with Crippen LogP contribution in [0.3, 0.4) is 0 Å². The first kappa shape index (κ1) is 29.4. The minimum atomic E-state index is -3.51. The molecule has 3 aromatic rings. The summed E-state index contributed by atoms with van der Waals surface area (Å²) >= 11 is 0. The Bertz CT molecular complexity index is 1370. The van der Waals surface area contributed by atoms with Crippen molar-refractivity contribution in [2.24, 2.45) is 0 Å². The van der Waals surface area contributed by atoms with E-state index in [0.717, 1.165) is 24.8 Å². The van der Waals surface area contributed by atoms with Crippen LogP contribution in [0, 0.1) is 5.82 Å². The van der Waals surface area contributed by atoms with Gasteiger partial charge >= 0.3 is 0 Å². The van der Waals surface area contributed by atoms with Gasteiger partial charge in [-0.15, -0.1) is 0 Å². The van der Waals surface area contributed by atoms with Crippen molar-refractivity contribution in [3.63, 3.8) is 0 Å². The predicted octanol–water partition coefficient (Wildman–Crippen LogP) is 4.84. The number of aryl methyl sites for hydroxylation is 1. The number of nitrogens with zero attached hydrogens (tertiary/aromatic N) is 2. The van der Waals surface area contributed by atoms with Crippen LogP contribution in [0.4, 0.5) is 4.39 Å². The van der Waals surface area contributed by atoms with E-state index in [4.69, 9.17) is 0 Å². The van der Waals surface area contributed by atoms with E-state index in [1.54, 1.807) is 41.3 Å². The molecule has 4 rings (SSSR count). The van der Waals surface area contributed by atoms with Crippen molar-refractivity contribution in [3.05, 3.63) is 101 Å². The molecule has 1 aliphatic rings. The van der Waals surface area contributed by atoms with Gasteiger partial charge in [-0.1, -0.05) is 61.5 Å². The normalized spacial score (nSPS) is 14.6. The number of sulfonamides is 1. The summed E-state index contributed by atoms with van der Waals surface area (Å²) in [6, 6.07) is 20.8. The second kappa shape index (κ2) is 13.7. The highest BCUT2D eigenvalue weighted by molar-refractivity contribution is 7.89. The van der Waals surface area contributed by atoms with E-state index in [2.05, 4.69) is 5.32 Å². The van der Waals surface area contributed by atoms with Gasteiger partial charge < -0.3 is 10.2 Å². The summed E-state index contributed by atoms with van der Waals surface area (Å²) in [5, 5.41) is 2.92. The van der Waals surface area contributed by atoms with Gasteiger partial charge in [0.2, 0.25) is 21.8 Å². The number of nitrogens with one attached hydrogen (secondary N) is 1. The summed E-state index contributed by atoms with van der Waals surface area (Å²) in [5.41, 5.74) is 2.21. The molecule has 0 bridgehead atoms. The summed E-state index contributed by atoms with van der Waals surface area (Å²) in [7, 11) is -3.51. The van der Waals surface area contributed by atoms with E-state index >= 15 is 0 Å². The lowest BCUT2D eigenvalue weighted by molar-refractivity contribution is -0.141. The van der Waals surface area contributed by atoms with E-state index < -0.39 is 16.1 Å². The fourth-order valence-corrected chi connectivity index (χ4v) is 6.38. The van der Waals surface area contributed by atoms with Crippen molar-refractivity contribution in [1.82, 2.24) is 14.5 Å². The fraction of sp³-hybridized carbons (Fsp3) is 0.355. The molecule has 0 unspecified atom stereocenters. The summed E-state index contributed by atoms with van der Waals surface area (Å²) in [6.45, 7) is 3.65. The van der Waals surface area contributed by atoms with Crippen molar-refractivity contribution in [2.45, 2.75) is 56.5 Å². The second-order valence-electron chi connectivity index (χ2n) is 10.0. The Hall–Kier alpha value is -3.56. The van der Waals surface area contributed by atoms with Crippen LogP contribution >= 0.6 is 0 Å². The molecule has 9 heteroatoms. The van der Waals surface area contributed by atoms with Crippen LogP contribution in [0.15, 0.2) is 83.8 Å².